The average Bonchev–Trinajstić information content (AvgIpc) is 2.54. The highest BCUT2D eigenvalue weighted by molar-refractivity contribution is 9.10. The van der Waals surface area contributed by atoms with Gasteiger partial charge in [-0.2, -0.15) is 0 Å². The maximum absolute atomic E-state index is 5.55. The summed E-state index contributed by atoms with van der Waals surface area (Å²) < 4.78 is 11.7. The number of alkyl halides is 1. The van der Waals surface area contributed by atoms with Crippen LogP contribution in [0.15, 0.2) is 45.8 Å². The van der Waals surface area contributed by atoms with E-state index < -0.39 is 0 Å². The fourth-order valence-electron chi connectivity index (χ4n) is 2.07. The van der Waals surface area contributed by atoms with Crippen molar-refractivity contribution in [1.29, 1.82) is 0 Å². The standard InChI is InChI=1S/C16H16Br2O2S/c1-19-13-9-8-12(16(20-2)15(13)18)14(17)10-4-6-11(21-3)7-5-10/h4-9,14H,1-3H3. The predicted molar refractivity (Wildman–Crippen MR) is 96.2 cm³/mol. The molecule has 0 spiro atoms. The molecule has 112 valence electrons. The van der Waals surface area contributed by atoms with Gasteiger partial charge in [0.2, 0.25) is 0 Å². The molecular weight excluding hydrogens is 416 g/mol. The van der Waals surface area contributed by atoms with Gasteiger partial charge < -0.3 is 9.47 Å². The summed E-state index contributed by atoms with van der Waals surface area (Å²) in [6, 6.07) is 12.5. The van der Waals surface area contributed by atoms with Crippen LogP contribution in [0.2, 0.25) is 0 Å². The number of hydrogen-bond donors (Lipinski definition) is 0. The van der Waals surface area contributed by atoms with Gasteiger partial charge in [0.05, 0.1) is 19.0 Å². The Kier molecular flexibility index (Phi) is 6.02. The predicted octanol–water partition coefficient (Wildman–Crippen LogP) is 5.67. The van der Waals surface area contributed by atoms with Crippen LogP contribution in [0.4, 0.5) is 0 Å². The van der Waals surface area contributed by atoms with Crippen molar-refractivity contribution in [2.24, 2.45) is 0 Å². The van der Waals surface area contributed by atoms with Crippen LogP contribution in [-0.4, -0.2) is 20.5 Å². The summed E-state index contributed by atoms with van der Waals surface area (Å²) in [7, 11) is 3.31. The Balaban J connectivity index is 2.42. The minimum absolute atomic E-state index is 0.0607. The minimum atomic E-state index is 0.0607. The van der Waals surface area contributed by atoms with E-state index in [2.05, 4.69) is 62.4 Å². The molecule has 0 heterocycles. The van der Waals surface area contributed by atoms with Crippen LogP contribution in [0.25, 0.3) is 0 Å². The largest absolute Gasteiger partial charge is 0.495 e. The molecule has 0 aromatic heterocycles. The van der Waals surface area contributed by atoms with E-state index >= 15 is 0 Å². The summed E-state index contributed by atoms with van der Waals surface area (Å²) >= 11 is 9.04. The second kappa shape index (κ2) is 7.56. The first-order chi connectivity index (χ1) is 10.1. The Labute approximate surface area is 146 Å². The third kappa shape index (κ3) is 3.58. The first-order valence-electron chi connectivity index (χ1n) is 6.30. The average molecular weight is 432 g/mol. The lowest BCUT2D eigenvalue weighted by Crippen LogP contribution is -1.99. The van der Waals surface area contributed by atoms with Gasteiger partial charge in [0.1, 0.15) is 16.0 Å². The lowest BCUT2D eigenvalue weighted by molar-refractivity contribution is 0.386. The molecule has 2 aromatic carbocycles. The second-order valence-corrected chi connectivity index (χ2v) is 6.93. The summed E-state index contributed by atoms with van der Waals surface area (Å²) in [5.41, 5.74) is 2.24. The van der Waals surface area contributed by atoms with E-state index in [0.29, 0.717) is 0 Å². The van der Waals surface area contributed by atoms with Crippen LogP contribution in [0.1, 0.15) is 16.0 Å². The van der Waals surface area contributed by atoms with Gasteiger partial charge in [0.25, 0.3) is 0 Å². The number of hydrogen-bond acceptors (Lipinski definition) is 3. The molecule has 5 heteroatoms. The first-order valence-corrected chi connectivity index (χ1v) is 9.24. The number of halogens is 2. The highest BCUT2D eigenvalue weighted by Crippen LogP contribution is 2.44. The van der Waals surface area contributed by atoms with Crippen LogP contribution in [0.3, 0.4) is 0 Å². The van der Waals surface area contributed by atoms with Gasteiger partial charge in [-0.15, -0.1) is 11.8 Å². The zero-order valence-electron chi connectivity index (χ0n) is 12.0. The first kappa shape index (κ1) is 16.7. The van der Waals surface area contributed by atoms with Gasteiger partial charge >= 0.3 is 0 Å². The van der Waals surface area contributed by atoms with E-state index in [9.17, 15) is 0 Å². The van der Waals surface area contributed by atoms with Crippen LogP contribution in [0.5, 0.6) is 11.5 Å². The number of benzene rings is 2. The zero-order valence-corrected chi connectivity index (χ0v) is 16.0. The molecule has 0 N–H and O–H groups in total. The molecule has 0 radical (unpaired) electrons. The van der Waals surface area contributed by atoms with Crippen molar-refractivity contribution in [2.75, 3.05) is 20.5 Å². The number of methoxy groups -OCH3 is 2. The van der Waals surface area contributed by atoms with Crippen molar-refractivity contribution in [1.82, 2.24) is 0 Å². The molecule has 0 saturated carbocycles. The molecule has 2 rings (SSSR count). The van der Waals surface area contributed by atoms with E-state index in [-0.39, 0.29) is 4.83 Å². The summed E-state index contributed by atoms with van der Waals surface area (Å²) in [6.07, 6.45) is 2.07. The van der Waals surface area contributed by atoms with Crippen molar-refractivity contribution in [2.45, 2.75) is 9.72 Å². The van der Waals surface area contributed by atoms with Crippen molar-refractivity contribution >= 4 is 43.6 Å². The van der Waals surface area contributed by atoms with Gasteiger partial charge in [-0.3, -0.25) is 0 Å². The Morgan fingerprint density at radius 2 is 1.67 bits per heavy atom. The monoisotopic (exact) mass is 430 g/mol. The summed E-state index contributed by atoms with van der Waals surface area (Å²) in [4.78, 5) is 1.31. The minimum Gasteiger partial charge on any atom is -0.495 e. The Hall–Kier alpha value is -0.650. The van der Waals surface area contributed by atoms with Gasteiger partial charge in [-0.1, -0.05) is 34.1 Å². The summed E-state index contributed by atoms with van der Waals surface area (Å²) in [5.74, 6) is 1.54. The van der Waals surface area contributed by atoms with E-state index in [0.717, 1.165) is 21.5 Å². The molecule has 1 atom stereocenters. The Morgan fingerprint density at radius 3 is 2.19 bits per heavy atom. The van der Waals surface area contributed by atoms with Crippen molar-refractivity contribution in [3.8, 4) is 11.5 Å². The lowest BCUT2D eigenvalue weighted by Gasteiger charge is -2.18. The molecule has 0 saturated heterocycles. The lowest BCUT2D eigenvalue weighted by atomic mass is 10.0. The highest BCUT2D eigenvalue weighted by Gasteiger charge is 2.19. The van der Waals surface area contributed by atoms with E-state index in [1.807, 2.05) is 12.1 Å². The molecule has 0 amide bonds. The quantitative estimate of drug-likeness (QED) is 0.448. The van der Waals surface area contributed by atoms with Crippen LogP contribution in [0, 0.1) is 0 Å². The molecule has 0 aliphatic carbocycles. The van der Waals surface area contributed by atoms with Crippen molar-refractivity contribution in [3.63, 3.8) is 0 Å². The topological polar surface area (TPSA) is 18.5 Å². The summed E-state index contributed by atoms with van der Waals surface area (Å²) in [6.45, 7) is 0. The third-order valence-corrected chi connectivity index (χ3v) is 5.71. The normalized spacial score (nSPS) is 12.0. The highest BCUT2D eigenvalue weighted by atomic mass is 79.9. The van der Waals surface area contributed by atoms with Crippen LogP contribution < -0.4 is 9.47 Å². The van der Waals surface area contributed by atoms with Crippen LogP contribution in [-0.2, 0) is 0 Å². The number of ether oxygens (including phenoxy) is 2. The van der Waals surface area contributed by atoms with Crippen molar-refractivity contribution in [3.05, 3.63) is 52.0 Å². The maximum atomic E-state index is 5.55. The number of thioether (sulfide) groups is 1. The van der Waals surface area contributed by atoms with E-state index in [1.54, 1.807) is 26.0 Å². The molecule has 2 aromatic rings. The van der Waals surface area contributed by atoms with Gasteiger partial charge in [-0.05, 0) is 45.9 Å². The van der Waals surface area contributed by atoms with Gasteiger partial charge in [0.15, 0.2) is 0 Å². The zero-order chi connectivity index (χ0) is 15.4. The third-order valence-electron chi connectivity index (χ3n) is 3.20. The second-order valence-electron chi connectivity index (χ2n) is 4.34. The maximum Gasteiger partial charge on any atom is 0.141 e. The van der Waals surface area contributed by atoms with Gasteiger partial charge in [0, 0.05) is 10.5 Å². The fourth-order valence-corrected chi connectivity index (χ4v) is 3.83. The van der Waals surface area contributed by atoms with Gasteiger partial charge in [-0.25, -0.2) is 0 Å². The van der Waals surface area contributed by atoms with Crippen molar-refractivity contribution < 1.29 is 9.47 Å². The Morgan fingerprint density at radius 1 is 1.00 bits per heavy atom. The molecule has 1 unspecified atom stereocenters. The molecule has 2 nitrogen and oxygen atoms in total. The smallest absolute Gasteiger partial charge is 0.141 e. The SMILES string of the molecule is COc1ccc(C(Br)c2ccc(SC)cc2)c(OC)c1Br. The van der Waals surface area contributed by atoms with E-state index in [4.69, 9.17) is 9.47 Å². The van der Waals surface area contributed by atoms with E-state index in [1.165, 1.54) is 10.5 Å². The molecular formula is C16H16Br2O2S. The summed E-state index contributed by atoms with van der Waals surface area (Å²) in [5, 5.41) is 0. The fraction of sp³-hybridized carbons (Fsp3) is 0.250. The molecule has 0 aliphatic heterocycles. The molecule has 21 heavy (non-hydrogen) atoms. The Bertz CT molecular complexity index is 614. The number of rotatable bonds is 5. The molecule has 0 bridgehead atoms. The molecule has 0 fully saturated rings. The van der Waals surface area contributed by atoms with Crippen LogP contribution >= 0.6 is 43.6 Å². The molecule has 0 aliphatic rings.